The second-order valence-electron chi connectivity index (χ2n) is 9.44. The molecule has 7 heteroatoms. The molecular formula is C31H29N3O2S2. The lowest BCUT2D eigenvalue weighted by atomic mass is 10.0. The maximum Gasteiger partial charge on any atom is 0.229 e. The van der Waals surface area contributed by atoms with Crippen molar-refractivity contribution < 1.29 is 9.53 Å². The molecule has 0 atom stereocenters. The number of carbonyl (C=O) groups is 1. The first kappa shape index (κ1) is 24.8. The van der Waals surface area contributed by atoms with Gasteiger partial charge in [-0.15, -0.1) is 22.7 Å². The third-order valence-corrected chi connectivity index (χ3v) is 8.93. The van der Waals surface area contributed by atoms with Crippen molar-refractivity contribution in [1.29, 1.82) is 0 Å². The van der Waals surface area contributed by atoms with Crippen LogP contribution >= 0.6 is 22.7 Å². The van der Waals surface area contributed by atoms with Gasteiger partial charge in [-0.25, -0.2) is 4.98 Å². The zero-order chi connectivity index (χ0) is 25.9. The Balaban J connectivity index is 1.28. The number of thiazole rings is 1. The van der Waals surface area contributed by atoms with Crippen molar-refractivity contribution in [3.8, 4) is 16.3 Å². The van der Waals surface area contributed by atoms with Gasteiger partial charge in [0.05, 0.1) is 23.2 Å². The van der Waals surface area contributed by atoms with Crippen molar-refractivity contribution in [2.24, 2.45) is 0 Å². The van der Waals surface area contributed by atoms with Crippen LogP contribution in [-0.4, -0.2) is 28.9 Å². The topological polar surface area (TPSA) is 54.5 Å². The van der Waals surface area contributed by atoms with Crippen molar-refractivity contribution in [2.75, 3.05) is 18.5 Å². The lowest BCUT2D eigenvalue weighted by Crippen LogP contribution is -2.29. The fourth-order valence-corrected chi connectivity index (χ4v) is 7.37. The van der Waals surface area contributed by atoms with Crippen LogP contribution in [0.5, 0.6) is 5.75 Å². The van der Waals surface area contributed by atoms with Crippen LogP contribution in [-0.2, 0) is 30.7 Å². The van der Waals surface area contributed by atoms with Crippen LogP contribution in [0.25, 0.3) is 20.8 Å². The molecule has 192 valence electrons. The van der Waals surface area contributed by atoms with Crippen molar-refractivity contribution in [1.82, 2.24) is 9.88 Å². The predicted molar refractivity (Wildman–Crippen MR) is 157 cm³/mol. The van der Waals surface area contributed by atoms with Crippen molar-refractivity contribution in [3.63, 3.8) is 0 Å². The molecule has 0 radical (unpaired) electrons. The van der Waals surface area contributed by atoms with Gasteiger partial charge in [-0.1, -0.05) is 54.6 Å². The summed E-state index contributed by atoms with van der Waals surface area (Å²) in [6, 6.07) is 26.6. The first-order chi connectivity index (χ1) is 18.7. The molecule has 0 spiro atoms. The molecule has 1 aliphatic rings. The van der Waals surface area contributed by atoms with Crippen molar-refractivity contribution >= 4 is 43.8 Å². The van der Waals surface area contributed by atoms with Gasteiger partial charge in [0.25, 0.3) is 0 Å². The molecule has 0 bridgehead atoms. The number of nitrogens with zero attached hydrogens (tertiary/aromatic N) is 2. The van der Waals surface area contributed by atoms with Gasteiger partial charge in [0.15, 0.2) is 0 Å². The second kappa shape index (κ2) is 11.1. The number of benzene rings is 3. The van der Waals surface area contributed by atoms with Gasteiger partial charge in [0.1, 0.15) is 15.8 Å². The van der Waals surface area contributed by atoms with E-state index in [-0.39, 0.29) is 5.91 Å². The molecule has 2 aromatic heterocycles. The van der Waals surface area contributed by atoms with Crippen molar-refractivity contribution in [2.45, 2.75) is 32.9 Å². The number of amides is 1. The van der Waals surface area contributed by atoms with Gasteiger partial charge < -0.3 is 10.1 Å². The number of para-hydroxylation sites is 1. The zero-order valence-electron chi connectivity index (χ0n) is 21.3. The molecule has 1 N–H and O–H groups in total. The van der Waals surface area contributed by atoms with Gasteiger partial charge in [-0.2, -0.15) is 0 Å². The Labute approximate surface area is 230 Å². The van der Waals surface area contributed by atoms with Gasteiger partial charge in [0, 0.05) is 30.1 Å². The molecule has 0 fully saturated rings. The number of fused-ring (bicyclic) bond motifs is 2. The Morgan fingerprint density at radius 2 is 1.76 bits per heavy atom. The minimum atomic E-state index is -0.0174. The summed E-state index contributed by atoms with van der Waals surface area (Å²) in [7, 11) is 0. The molecule has 3 aromatic carbocycles. The summed E-state index contributed by atoms with van der Waals surface area (Å²) in [5.41, 5.74) is 5.71. The van der Waals surface area contributed by atoms with Crippen LogP contribution in [0.15, 0.2) is 78.9 Å². The zero-order valence-corrected chi connectivity index (χ0v) is 22.9. The van der Waals surface area contributed by atoms with Crippen LogP contribution in [0, 0.1) is 0 Å². The molecule has 0 saturated carbocycles. The molecule has 3 heterocycles. The van der Waals surface area contributed by atoms with E-state index in [1.165, 1.54) is 16.0 Å². The molecule has 0 unspecified atom stereocenters. The number of aromatic nitrogens is 1. The van der Waals surface area contributed by atoms with E-state index < -0.39 is 0 Å². The number of ether oxygens (including phenoxy) is 1. The summed E-state index contributed by atoms with van der Waals surface area (Å²) >= 11 is 3.40. The van der Waals surface area contributed by atoms with Crippen LogP contribution in [0.4, 0.5) is 5.00 Å². The number of hydrogen-bond donors (Lipinski definition) is 1. The van der Waals surface area contributed by atoms with E-state index in [2.05, 4.69) is 52.7 Å². The molecule has 6 rings (SSSR count). The predicted octanol–water partition coefficient (Wildman–Crippen LogP) is 7.16. The monoisotopic (exact) mass is 539 g/mol. The smallest absolute Gasteiger partial charge is 0.229 e. The first-order valence-corrected chi connectivity index (χ1v) is 14.6. The highest BCUT2D eigenvalue weighted by atomic mass is 32.1. The summed E-state index contributed by atoms with van der Waals surface area (Å²) < 4.78 is 6.70. The Hall–Kier alpha value is -3.52. The van der Waals surface area contributed by atoms with Crippen LogP contribution in [0.3, 0.4) is 0 Å². The SMILES string of the molecule is CCOc1ccc(CC(=O)Nc2sc3c(c2-c2nc4ccccc4s2)CCN(Cc2ccccc2)C3)cc1. The molecule has 0 saturated heterocycles. The van der Waals surface area contributed by atoms with E-state index in [4.69, 9.17) is 9.72 Å². The lowest BCUT2D eigenvalue weighted by Gasteiger charge is -2.27. The molecular weight excluding hydrogens is 510 g/mol. The third kappa shape index (κ3) is 5.36. The third-order valence-electron chi connectivity index (χ3n) is 6.74. The number of carbonyl (C=O) groups excluding carboxylic acids is 1. The average Bonchev–Trinajstić information content (AvgIpc) is 3.51. The summed E-state index contributed by atoms with van der Waals surface area (Å²) in [5, 5.41) is 5.15. The minimum absolute atomic E-state index is 0.0174. The largest absolute Gasteiger partial charge is 0.494 e. The minimum Gasteiger partial charge on any atom is -0.494 e. The van der Waals surface area contributed by atoms with E-state index in [9.17, 15) is 4.79 Å². The Morgan fingerprint density at radius 3 is 2.55 bits per heavy atom. The molecule has 0 aliphatic carbocycles. The summed E-state index contributed by atoms with van der Waals surface area (Å²) in [5.74, 6) is 0.803. The van der Waals surface area contributed by atoms with Gasteiger partial charge in [-0.05, 0) is 54.3 Å². The summed E-state index contributed by atoms with van der Waals surface area (Å²) in [6.07, 6.45) is 1.26. The van der Waals surface area contributed by atoms with E-state index in [1.54, 1.807) is 22.7 Å². The highest BCUT2D eigenvalue weighted by Gasteiger charge is 2.28. The highest BCUT2D eigenvalue weighted by Crippen LogP contribution is 2.45. The van der Waals surface area contributed by atoms with Crippen LogP contribution in [0.2, 0.25) is 0 Å². The van der Waals surface area contributed by atoms with Gasteiger partial charge in [0.2, 0.25) is 5.91 Å². The Morgan fingerprint density at radius 1 is 0.974 bits per heavy atom. The highest BCUT2D eigenvalue weighted by molar-refractivity contribution is 7.22. The molecule has 38 heavy (non-hydrogen) atoms. The number of hydrogen-bond acceptors (Lipinski definition) is 6. The lowest BCUT2D eigenvalue weighted by molar-refractivity contribution is -0.115. The normalized spacial score (nSPS) is 13.4. The molecule has 5 nitrogen and oxygen atoms in total. The van der Waals surface area contributed by atoms with E-state index in [0.29, 0.717) is 13.0 Å². The maximum absolute atomic E-state index is 13.2. The second-order valence-corrected chi connectivity index (χ2v) is 11.6. The molecule has 1 amide bonds. The van der Waals surface area contributed by atoms with Crippen molar-refractivity contribution in [3.05, 3.63) is 100 Å². The van der Waals surface area contributed by atoms with E-state index in [0.717, 1.165) is 63.2 Å². The fourth-order valence-electron chi connectivity index (χ4n) is 4.95. The first-order valence-electron chi connectivity index (χ1n) is 12.9. The standard InChI is InChI=1S/C31H29N3O2S2/c1-2-36-23-14-12-21(13-15-23)18-28(35)33-31-29(30-32-25-10-6-7-11-26(25)37-30)24-16-17-34(20-27(24)38-31)19-22-8-4-3-5-9-22/h3-15H,2,16-20H2,1H3,(H,33,35). The van der Waals surface area contributed by atoms with Crippen LogP contribution in [0.1, 0.15) is 28.5 Å². The number of nitrogens with one attached hydrogen (secondary N) is 1. The Kier molecular flexibility index (Phi) is 7.22. The van der Waals surface area contributed by atoms with E-state index >= 15 is 0 Å². The number of rotatable bonds is 8. The van der Waals surface area contributed by atoms with Gasteiger partial charge >= 0.3 is 0 Å². The number of thiophene rings is 1. The molecule has 1 aliphatic heterocycles. The Bertz CT molecular complexity index is 1520. The maximum atomic E-state index is 13.2. The van der Waals surface area contributed by atoms with Crippen LogP contribution < -0.4 is 10.1 Å². The summed E-state index contributed by atoms with van der Waals surface area (Å²) in [4.78, 5) is 22.0. The fraction of sp³-hybridized carbons (Fsp3) is 0.226. The number of anilines is 1. The van der Waals surface area contributed by atoms with Gasteiger partial charge in [-0.3, -0.25) is 9.69 Å². The average molecular weight is 540 g/mol. The quantitative estimate of drug-likeness (QED) is 0.227. The molecule has 5 aromatic rings. The van der Waals surface area contributed by atoms with E-state index in [1.807, 2.05) is 43.3 Å². The summed E-state index contributed by atoms with van der Waals surface area (Å²) in [6.45, 7) is 5.37.